The third-order valence-electron chi connectivity index (χ3n) is 3.46. The van der Waals surface area contributed by atoms with Crippen LogP contribution in [0.4, 0.5) is 0 Å². The Hall–Kier alpha value is -2.94. The average Bonchev–Trinajstić information content (AvgIpc) is 2.59. The molecule has 0 N–H and O–H groups in total. The number of allylic oxidation sites excluding steroid dienone is 1. The standard InChI is InChI=1S/C19H15NO2/c1-22-19-5-3-2-4-17(19)18(21)9-7-14-6-8-16-13-20-11-10-15(16)12-14/h2-13H,1H3/b9-7+. The largest absolute Gasteiger partial charge is 0.496 e. The SMILES string of the molecule is COc1ccccc1C(=O)/C=C/c1ccc2cnccc2c1. The molecule has 0 saturated heterocycles. The summed E-state index contributed by atoms with van der Waals surface area (Å²) in [5.41, 5.74) is 1.54. The Morgan fingerprint density at radius 2 is 1.95 bits per heavy atom. The molecule has 0 fully saturated rings. The molecule has 0 radical (unpaired) electrons. The van der Waals surface area contributed by atoms with Crippen molar-refractivity contribution in [2.45, 2.75) is 0 Å². The van der Waals surface area contributed by atoms with Crippen molar-refractivity contribution in [3.8, 4) is 5.75 Å². The number of fused-ring (bicyclic) bond motifs is 1. The van der Waals surface area contributed by atoms with Crippen molar-refractivity contribution < 1.29 is 9.53 Å². The predicted octanol–water partition coefficient (Wildman–Crippen LogP) is 4.14. The minimum absolute atomic E-state index is 0.0766. The van der Waals surface area contributed by atoms with Crippen molar-refractivity contribution >= 4 is 22.6 Å². The van der Waals surface area contributed by atoms with Crippen molar-refractivity contribution in [1.82, 2.24) is 4.98 Å². The number of pyridine rings is 1. The Balaban J connectivity index is 1.87. The molecule has 0 amide bonds. The first kappa shape index (κ1) is 14.0. The lowest BCUT2D eigenvalue weighted by atomic mass is 10.1. The summed E-state index contributed by atoms with van der Waals surface area (Å²) in [4.78, 5) is 16.4. The summed E-state index contributed by atoms with van der Waals surface area (Å²) in [6.07, 6.45) is 6.97. The lowest BCUT2D eigenvalue weighted by Gasteiger charge is -2.04. The summed E-state index contributed by atoms with van der Waals surface area (Å²) in [5.74, 6) is 0.508. The maximum absolute atomic E-state index is 12.3. The molecule has 3 rings (SSSR count). The van der Waals surface area contributed by atoms with Gasteiger partial charge in [0.05, 0.1) is 12.7 Å². The van der Waals surface area contributed by atoms with E-state index in [9.17, 15) is 4.79 Å². The Morgan fingerprint density at radius 1 is 1.09 bits per heavy atom. The van der Waals surface area contributed by atoms with E-state index in [4.69, 9.17) is 4.74 Å². The minimum atomic E-state index is -0.0766. The molecule has 0 aliphatic carbocycles. The van der Waals surface area contributed by atoms with E-state index < -0.39 is 0 Å². The van der Waals surface area contributed by atoms with Gasteiger partial charge in [-0.15, -0.1) is 0 Å². The van der Waals surface area contributed by atoms with E-state index in [1.807, 2.05) is 48.7 Å². The first-order valence-electron chi connectivity index (χ1n) is 6.97. The number of benzene rings is 2. The lowest BCUT2D eigenvalue weighted by molar-refractivity contribution is 0.104. The van der Waals surface area contributed by atoms with E-state index in [-0.39, 0.29) is 5.78 Å². The van der Waals surface area contributed by atoms with E-state index in [0.717, 1.165) is 16.3 Å². The van der Waals surface area contributed by atoms with Gasteiger partial charge in [0.25, 0.3) is 0 Å². The monoisotopic (exact) mass is 289 g/mol. The highest BCUT2D eigenvalue weighted by atomic mass is 16.5. The van der Waals surface area contributed by atoms with Crippen LogP contribution in [0.2, 0.25) is 0 Å². The second-order valence-electron chi connectivity index (χ2n) is 4.88. The molecule has 0 aliphatic rings. The van der Waals surface area contributed by atoms with E-state index in [2.05, 4.69) is 4.98 Å². The molecule has 0 saturated carbocycles. The number of para-hydroxylation sites is 1. The number of hydrogen-bond acceptors (Lipinski definition) is 3. The Kier molecular flexibility index (Phi) is 3.97. The maximum atomic E-state index is 12.3. The van der Waals surface area contributed by atoms with Crippen LogP contribution in [0.25, 0.3) is 16.8 Å². The minimum Gasteiger partial charge on any atom is -0.496 e. The third kappa shape index (κ3) is 2.88. The number of carbonyl (C=O) groups is 1. The quantitative estimate of drug-likeness (QED) is 0.535. The molecule has 3 heteroatoms. The summed E-state index contributed by atoms with van der Waals surface area (Å²) in [7, 11) is 1.56. The van der Waals surface area contributed by atoms with Gasteiger partial charge in [0.2, 0.25) is 0 Å². The van der Waals surface area contributed by atoms with Gasteiger partial charge in [-0.3, -0.25) is 9.78 Å². The van der Waals surface area contributed by atoms with Gasteiger partial charge < -0.3 is 4.74 Å². The van der Waals surface area contributed by atoms with Crippen LogP contribution in [0.1, 0.15) is 15.9 Å². The van der Waals surface area contributed by atoms with Gasteiger partial charge in [0, 0.05) is 17.8 Å². The topological polar surface area (TPSA) is 39.2 Å². The summed E-state index contributed by atoms with van der Waals surface area (Å²) < 4.78 is 5.21. The van der Waals surface area contributed by atoms with Crippen LogP contribution in [0, 0.1) is 0 Å². The van der Waals surface area contributed by atoms with E-state index >= 15 is 0 Å². The van der Waals surface area contributed by atoms with Crippen LogP contribution in [-0.4, -0.2) is 17.9 Å². The molecule has 0 bridgehead atoms. The van der Waals surface area contributed by atoms with Gasteiger partial charge >= 0.3 is 0 Å². The van der Waals surface area contributed by atoms with Crippen molar-refractivity contribution in [3.05, 3.63) is 78.1 Å². The van der Waals surface area contributed by atoms with Gasteiger partial charge in [-0.25, -0.2) is 0 Å². The smallest absolute Gasteiger partial charge is 0.189 e. The molecule has 1 heterocycles. The second kappa shape index (κ2) is 6.22. The van der Waals surface area contributed by atoms with Crippen molar-refractivity contribution in [2.75, 3.05) is 7.11 Å². The molecule has 108 valence electrons. The summed E-state index contributed by atoms with van der Waals surface area (Å²) in [6, 6.07) is 15.2. The first-order chi connectivity index (χ1) is 10.8. The number of carbonyl (C=O) groups excluding carboxylic acids is 1. The molecule has 2 aromatic carbocycles. The van der Waals surface area contributed by atoms with Crippen LogP contribution < -0.4 is 4.74 Å². The van der Waals surface area contributed by atoms with Crippen molar-refractivity contribution in [2.24, 2.45) is 0 Å². The van der Waals surface area contributed by atoms with Crippen molar-refractivity contribution in [1.29, 1.82) is 0 Å². The fraction of sp³-hybridized carbons (Fsp3) is 0.0526. The van der Waals surface area contributed by atoms with Gasteiger partial charge in [-0.05, 0) is 41.3 Å². The van der Waals surface area contributed by atoms with Crippen LogP contribution in [0.15, 0.2) is 67.0 Å². The number of hydrogen-bond donors (Lipinski definition) is 0. The zero-order chi connectivity index (χ0) is 15.4. The van der Waals surface area contributed by atoms with E-state index in [1.165, 1.54) is 0 Å². The molecule has 0 unspecified atom stereocenters. The second-order valence-corrected chi connectivity index (χ2v) is 4.88. The highest BCUT2D eigenvalue weighted by Gasteiger charge is 2.07. The molecule has 0 spiro atoms. The van der Waals surface area contributed by atoms with Crippen LogP contribution in [-0.2, 0) is 0 Å². The van der Waals surface area contributed by atoms with Gasteiger partial charge in [0.15, 0.2) is 5.78 Å². The molecule has 0 aliphatic heterocycles. The Bertz CT molecular complexity index is 853. The first-order valence-corrected chi connectivity index (χ1v) is 6.97. The van der Waals surface area contributed by atoms with Gasteiger partial charge in [0.1, 0.15) is 5.75 Å². The Morgan fingerprint density at radius 3 is 2.82 bits per heavy atom. The zero-order valence-electron chi connectivity index (χ0n) is 12.2. The number of aromatic nitrogens is 1. The molecule has 0 atom stereocenters. The van der Waals surface area contributed by atoms with E-state index in [0.29, 0.717) is 11.3 Å². The molecule has 3 aromatic rings. The normalized spacial score (nSPS) is 11.0. The fourth-order valence-electron chi connectivity index (χ4n) is 2.32. The number of rotatable bonds is 4. The summed E-state index contributed by atoms with van der Waals surface area (Å²) in [5, 5.41) is 2.18. The molecule has 1 aromatic heterocycles. The van der Waals surface area contributed by atoms with Crippen LogP contribution in [0.5, 0.6) is 5.75 Å². The molecule has 3 nitrogen and oxygen atoms in total. The predicted molar refractivity (Wildman–Crippen MR) is 88.1 cm³/mol. The van der Waals surface area contributed by atoms with Gasteiger partial charge in [-0.2, -0.15) is 0 Å². The Labute approximate surface area is 128 Å². The number of ether oxygens (including phenoxy) is 1. The summed E-state index contributed by atoms with van der Waals surface area (Å²) in [6.45, 7) is 0. The highest BCUT2D eigenvalue weighted by molar-refractivity contribution is 6.08. The third-order valence-corrected chi connectivity index (χ3v) is 3.46. The zero-order valence-corrected chi connectivity index (χ0v) is 12.2. The van der Waals surface area contributed by atoms with Gasteiger partial charge in [-0.1, -0.05) is 30.3 Å². The lowest BCUT2D eigenvalue weighted by Crippen LogP contribution is -1.98. The van der Waals surface area contributed by atoms with Crippen LogP contribution >= 0.6 is 0 Å². The number of ketones is 1. The number of methoxy groups -OCH3 is 1. The maximum Gasteiger partial charge on any atom is 0.189 e. The molecular weight excluding hydrogens is 274 g/mol. The fourth-order valence-corrected chi connectivity index (χ4v) is 2.32. The summed E-state index contributed by atoms with van der Waals surface area (Å²) >= 11 is 0. The highest BCUT2D eigenvalue weighted by Crippen LogP contribution is 2.19. The molecular formula is C19H15NO2. The number of nitrogens with zero attached hydrogens (tertiary/aromatic N) is 1. The van der Waals surface area contributed by atoms with E-state index in [1.54, 1.807) is 31.5 Å². The average molecular weight is 289 g/mol. The molecule has 22 heavy (non-hydrogen) atoms. The van der Waals surface area contributed by atoms with Crippen molar-refractivity contribution in [3.63, 3.8) is 0 Å². The van der Waals surface area contributed by atoms with Crippen LogP contribution in [0.3, 0.4) is 0 Å².